The molecule has 0 N–H and O–H groups in total. The first-order valence-corrected chi connectivity index (χ1v) is 10.8. The van der Waals surface area contributed by atoms with Crippen molar-refractivity contribution >= 4 is 28.1 Å². The summed E-state index contributed by atoms with van der Waals surface area (Å²) in [5.74, 6) is -1.75. The molecule has 2 aromatic heterocycles. The first kappa shape index (κ1) is 19.0. The van der Waals surface area contributed by atoms with Crippen LogP contribution in [-0.2, 0) is 19.9 Å². The van der Waals surface area contributed by atoms with Crippen molar-refractivity contribution in [1.29, 1.82) is 0 Å². The number of fused-ring (bicyclic) bond motifs is 2. The van der Waals surface area contributed by atoms with Crippen LogP contribution in [0.3, 0.4) is 0 Å². The molecule has 0 bridgehead atoms. The van der Waals surface area contributed by atoms with Crippen LogP contribution in [-0.4, -0.2) is 21.9 Å². The van der Waals surface area contributed by atoms with E-state index in [-0.39, 0.29) is 11.9 Å². The highest BCUT2D eigenvalue weighted by molar-refractivity contribution is 7.10. The molecule has 0 radical (unpaired) electrons. The van der Waals surface area contributed by atoms with Crippen LogP contribution in [0, 0.1) is 11.6 Å². The van der Waals surface area contributed by atoms with E-state index in [9.17, 15) is 13.6 Å². The lowest BCUT2D eigenvalue weighted by atomic mass is 9.94. The Kier molecular flexibility index (Phi) is 4.66. The number of hydrogen-bond donors (Lipinski definition) is 0. The van der Waals surface area contributed by atoms with Crippen molar-refractivity contribution in [3.05, 3.63) is 93.3 Å². The summed E-state index contributed by atoms with van der Waals surface area (Å²) in [5, 5.41) is 2.96. The fourth-order valence-corrected chi connectivity index (χ4v) is 5.46. The Morgan fingerprint density at radius 1 is 1.13 bits per heavy atom. The van der Waals surface area contributed by atoms with Gasteiger partial charge in [0.15, 0.2) is 11.6 Å². The Labute approximate surface area is 177 Å². The lowest BCUT2D eigenvalue weighted by Gasteiger charge is -2.36. The highest BCUT2D eigenvalue weighted by atomic mass is 32.1. The fourth-order valence-electron chi connectivity index (χ4n) is 4.39. The summed E-state index contributed by atoms with van der Waals surface area (Å²) in [4.78, 5) is 16.7. The van der Waals surface area contributed by atoms with E-state index in [2.05, 4.69) is 6.07 Å². The van der Waals surface area contributed by atoms with Gasteiger partial charge in [0.25, 0.3) is 5.91 Å². The Balaban J connectivity index is 1.55. The summed E-state index contributed by atoms with van der Waals surface area (Å²) in [6, 6.07) is 13.7. The molecule has 0 aliphatic carbocycles. The van der Waals surface area contributed by atoms with Gasteiger partial charge in [0.1, 0.15) is 0 Å². The SMILES string of the molecule is Cn1cc(C(=O)N2CCc3ccsc3C2Cc2ccc(F)c(F)c2)c2ccccc21. The molecule has 1 aliphatic heterocycles. The number of halogens is 2. The van der Waals surface area contributed by atoms with Crippen LogP contribution in [0.2, 0.25) is 0 Å². The van der Waals surface area contributed by atoms with E-state index in [0.29, 0.717) is 24.1 Å². The minimum absolute atomic E-state index is 0.0292. The largest absolute Gasteiger partial charge is 0.350 e. The lowest BCUT2D eigenvalue weighted by molar-refractivity contribution is 0.0666. The van der Waals surface area contributed by atoms with Crippen LogP contribution in [0.25, 0.3) is 10.9 Å². The summed E-state index contributed by atoms with van der Waals surface area (Å²) >= 11 is 1.62. The first-order valence-electron chi connectivity index (χ1n) is 9.88. The number of amides is 1. The molecule has 3 nitrogen and oxygen atoms in total. The quantitative estimate of drug-likeness (QED) is 0.428. The molecule has 4 aromatic rings. The van der Waals surface area contributed by atoms with Crippen molar-refractivity contribution in [3.8, 4) is 0 Å². The molecular weight excluding hydrogens is 402 g/mol. The molecule has 1 unspecified atom stereocenters. The number of rotatable bonds is 3. The first-order chi connectivity index (χ1) is 14.5. The number of aromatic nitrogens is 1. The van der Waals surface area contributed by atoms with Crippen LogP contribution in [0.4, 0.5) is 8.78 Å². The van der Waals surface area contributed by atoms with Crippen molar-refractivity contribution in [2.24, 2.45) is 7.05 Å². The van der Waals surface area contributed by atoms with Gasteiger partial charge in [-0.15, -0.1) is 11.3 Å². The third-order valence-electron chi connectivity index (χ3n) is 5.88. The topological polar surface area (TPSA) is 25.2 Å². The number of para-hydroxylation sites is 1. The van der Waals surface area contributed by atoms with Gasteiger partial charge in [-0.25, -0.2) is 8.78 Å². The molecule has 1 amide bonds. The van der Waals surface area contributed by atoms with Gasteiger partial charge in [0.05, 0.1) is 11.6 Å². The van der Waals surface area contributed by atoms with Crippen LogP contribution < -0.4 is 0 Å². The minimum Gasteiger partial charge on any atom is -0.350 e. The van der Waals surface area contributed by atoms with E-state index in [0.717, 1.165) is 28.3 Å². The van der Waals surface area contributed by atoms with Crippen LogP contribution in [0.15, 0.2) is 60.1 Å². The summed E-state index contributed by atoms with van der Waals surface area (Å²) in [5.41, 5.74) is 3.58. The molecule has 0 saturated heterocycles. The minimum atomic E-state index is -0.860. The van der Waals surface area contributed by atoms with Gasteiger partial charge in [-0.05, 0) is 53.6 Å². The molecule has 152 valence electrons. The highest BCUT2D eigenvalue weighted by Crippen LogP contribution is 2.38. The van der Waals surface area contributed by atoms with Crippen LogP contribution >= 0.6 is 11.3 Å². The molecule has 0 saturated carbocycles. The number of hydrogen-bond acceptors (Lipinski definition) is 2. The van der Waals surface area contributed by atoms with Gasteiger partial charge in [-0.1, -0.05) is 24.3 Å². The predicted molar refractivity (Wildman–Crippen MR) is 115 cm³/mol. The lowest BCUT2D eigenvalue weighted by Crippen LogP contribution is -2.40. The van der Waals surface area contributed by atoms with Crippen molar-refractivity contribution < 1.29 is 13.6 Å². The molecule has 6 heteroatoms. The molecule has 1 aliphatic rings. The van der Waals surface area contributed by atoms with Crippen LogP contribution in [0.5, 0.6) is 0 Å². The van der Waals surface area contributed by atoms with Gasteiger partial charge in [-0.2, -0.15) is 0 Å². The average Bonchev–Trinajstić information content (AvgIpc) is 3.36. The standard InChI is InChI=1S/C24H20F2N2OS/c1-27-14-18(17-4-2-3-5-21(17)27)24(29)28-10-8-16-9-11-30-23(16)22(28)13-15-6-7-19(25)20(26)12-15/h2-7,9,11-12,14,22H,8,10,13H2,1H3. The van der Waals surface area contributed by atoms with Gasteiger partial charge in [0.2, 0.25) is 0 Å². The number of carbonyl (C=O) groups excluding carboxylic acids is 1. The maximum Gasteiger partial charge on any atom is 0.256 e. The number of thiophene rings is 1. The van der Waals surface area contributed by atoms with Gasteiger partial charge in [-0.3, -0.25) is 4.79 Å². The summed E-state index contributed by atoms with van der Waals surface area (Å²) in [6.07, 6.45) is 3.12. The summed E-state index contributed by atoms with van der Waals surface area (Å²) in [7, 11) is 1.94. The Morgan fingerprint density at radius 3 is 2.80 bits per heavy atom. The van der Waals surface area contributed by atoms with Gasteiger partial charge < -0.3 is 9.47 Å². The Hall–Kier alpha value is -2.99. The second-order valence-corrected chi connectivity index (χ2v) is 8.65. The van der Waals surface area contributed by atoms with E-state index in [1.807, 2.05) is 52.4 Å². The molecule has 3 heterocycles. The molecule has 2 aromatic carbocycles. The average molecular weight is 423 g/mol. The Morgan fingerprint density at radius 2 is 1.97 bits per heavy atom. The number of aryl methyl sites for hydroxylation is 1. The normalized spacial score (nSPS) is 16.1. The van der Waals surface area contributed by atoms with Crippen molar-refractivity contribution in [1.82, 2.24) is 9.47 Å². The highest BCUT2D eigenvalue weighted by Gasteiger charge is 2.33. The molecule has 0 spiro atoms. The monoisotopic (exact) mass is 422 g/mol. The van der Waals surface area contributed by atoms with E-state index in [1.165, 1.54) is 11.6 Å². The van der Waals surface area contributed by atoms with E-state index in [1.54, 1.807) is 17.4 Å². The molecule has 5 rings (SSSR count). The van der Waals surface area contributed by atoms with Crippen molar-refractivity contribution in [2.45, 2.75) is 18.9 Å². The number of carbonyl (C=O) groups is 1. The molecule has 0 fully saturated rings. The number of nitrogens with zero attached hydrogens (tertiary/aromatic N) is 2. The zero-order valence-electron chi connectivity index (χ0n) is 16.4. The van der Waals surface area contributed by atoms with E-state index >= 15 is 0 Å². The second-order valence-electron chi connectivity index (χ2n) is 7.70. The number of benzene rings is 2. The summed E-state index contributed by atoms with van der Waals surface area (Å²) < 4.78 is 29.2. The smallest absolute Gasteiger partial charge is 0.256 e. The van der Waals surface area contributed by atoms with E-state index in [4.69, 9.17) is 0 Å². The third-order valence-corrected chi connectivity index (χ3v) is 6.94. The fraction of sp³-hybridized carbons (Fsp3) is 0.208. The molecule has 1 atom stereocenters. The maximum absolute atomic E-state index is 13.8. The van der Waals surface area contributed by atoms with Gasteiger partial charge >= 0.3 is 0 Å². The summed E-state index contributed by atoms with van der Waals surface area (Å²) in [6.45, 7) is 0.597. The Bertz CT molecular complexity index is 1260. The van der Waals surface area contributed by atoms with Gasteiger partial charge in [0, 0.05) is 35.6 Å². The van der Waals surface area contributed by atoms with Crippen LogP contribution in [0.1, 0.15) is 32.4 Å². The molecule has 30 heavy (non-hydrogen) atoms. The zero-order valence-corrected chi connectivity index (χ0v) is 17.3. The third kappa shape index (κ3) is 3.12. The second kappa shape index (κ2) is 7.36. The van der Waals surface area contributed by atoms with E-state index < -0.39 is 11.6 Å². The maximum atomic E-state index is 13.8. The van der Waals surface area contributed by atoms with Crippen molar-refractivity contribution in [3.63, 3.8) is 0 Å². The predicted octanol–water partition coefficient (Wildman–Crippen LogP) is 5.50. The zero-order chi connectivity index (χ0) is 20.8. The van der Waals surface area contributed by atoms with Crippen molar-refractivity contribution in [2.75, 3.05) is 6.54 Å². The molecular formula is C24H20F2N2OS.